The zero-order valence-electron chi connectivity index (χ0n) is 17.6. The molecule has 2 aromatic carbocycles. The number of carbonyl (C=O) groups excluding carboxylic acids is 1. The number of H-pyrrole nitrogens is 1. The minimum absolute atomic E-state index is 0.0291. The molecule has 11 heteroatoms. The lowest BCUT2D eigenvalue weighted by Gasteiger charge is -2.25. The fourth-order valence-electron chi connectivity index (χ4n) is 3.27. The first-order valence-corrected chi connectivity index (χ1v) is 10.2. The van der Waals surface area contributed by atoms with E-state index in [4.69, 9.17) is 22.1 Å². The Morgan fingerprint density at radius 3 is 2.52 bits per heavy atom. The van der Waals surface area contributed by atoms with Crippen LogP contribution in [0.3, 0.4) is 0 Å². The maximum atomic E-state index is 13.8. The molecule has 0 spiro atoms. The average molecular weight is 479 g/mol. The molecule has 1 aromatic heterocycles. The summed E-state index contributed by atoms with van der Waals surface area (Å²) in [4.78, 5) is 41.6. The maximum absolute atomic E-state index is 13.8. The van der Waals surface area contributed by atoms with Crippen LogP contribution in [0.15, 0.2) is 52.1 Å². The summed E-state index contributed by atoms with van der Waals surface area (Å²) in [6, 6.07) is 10.2. The van der Waals surface area contributed by atoms with Crippen LogP contribution >= 0.6 is 11.6 Å². The quantitative estimate of drug-likeness (QED) is 0.382. The lowest BCUT2D eigenvalue weighted by atomic mass is 10.1. The Bertz CT molecular complexity index is 1280. The second-order valence-electron chi connectivity index (χ2n) is 7.11. The van der Waals surface area contributed by atoms with Crippen molar-refractivity contribution in [3.63, 3.8) is 0 Å². The Morgan fingerprint density at radius 2 is 1.85 bits per heavy atom. The number of rotatable bonds is 8. The van der Waals surface area contributed by atoms with Gasteiger partial charge < -0.3 is 15.4 Å². The Balaban J connectivity index is 2.13. The van der Waals surface area contributed by atoms with E-state index in [0.29, 0.717) is 12.1 Å². The number of ether oxygens (including phenoxy) is 1. The van der Waals surface area contributed by atoms with Crippen LogP contribution in [-0.2, 0) is 11.3 Å². The molecule has 0 bridgehead atoms. The van der Waals surface area contributed by atoms with Crippen LogP contribution in [0.2, 0.25) is 5.02 Å². The number of aromatic nitrogens is 2. The smallest absolute Gasteiger partial charge is 0.330 e. The van der Waals surface area contributed by atoms with Crippen LogP contribution in [0.1, 0.15) is 22.3 Å². The van der Waals surface area contributed by atoms with Crippen LogP contribution in [0.4, 0.5) is 20.3 Å². The summed E-state index contributed by atoms with van der Waals surface area (Å²) in [5.74, 6) is -3.67. The van der Waals surface area contributed by atoms with Crippen molar-refractivity contribution in [1.29, 1.82) is 0 Å². The minimum atomic E-state index is -1.28. The van der Waals surface area contributed by atoms with Crippen molar-refractivity contribution in [1.82, 2.24) is 9.55 Å². The summed E-state index contributed by atoms with van der Waals surface area (Å²) in [6.45, 7) is 0.191. The van der Waals surface area contributed by atoms with E-state index in [-0.39, 0.29) is 48.2 Å². The van der Waals surface area contributed by atoms with Gasteiger partial charge in [0.2, 0.25) is 0 Å². The average Bonchev–Trinajstić information content (AvgIpc) is 2.78. The van der Waals surface area contributed by atoms with Crippen LogP contribution in [0, 0.1) is 11.6 Å². The normalized spacial score (nSPS) is 10.9. The highest BCUT2D eigenvalue weighted by Gasteiger charge is 2.27. The van der Waals surface area contributed by atoms with Crippen molar-refractivity contribution in [2.24, 2.45) is 0 Å². The molecule has 1 heterocycles. The van der Waals surface area contributed by atoms with Crippen LogP contribution < -0.4 is 21.9 Å². The molecule has 0 unspecified atom stereocenters. The lowest BCUT2D eigenvalue weighted by Crippen LogP contribution is -2.42. The number of aromatic amines is 1. The van der Waals surface area contributed by atoms with Gasteiger partial charge in [-0.15, -0.1) is 0 Å². The summed E-state index contributed by atoms with van der Waals surface area (Å²) < 4.78 is 33.5. The molecule has 0 saturated carbocycles. The highest BCUT2D eigenvalue weighted by Crippen LogP contribution is 2.26. The van der Waals surface area contributed by atoms with Crippen molar-refractivity contribution < 1.29 is 18.3 Å². The molecule has 0 atom stereocenters. The molecule has 3 aromatic rings. The SMILES string of the molecule is COCCCN(C(=O)c1cc(F)c(F)cc1Cl)c1c(N)n(Cc2ccccc2)c(=O)[nH]c1=O. The van der Waals surface area contributed by atoms with Gasteiger partial charge in [0.15, 0.2) is 17.3 Å². The highest BCUT2D eigenvalue weighted by atomic mass is 35.5. The van der Waals surface area contributed by atoms with Gasteiger partial charge in [-0.3, -0.25) is 19.1 Å². The van der Waals surface area contributed by atoms with Crippen LogP contribution in [-0.4, -0.2) is 35.7 Å². The molecule has 0 aliphatic carbocycles. The molecular weight excluding hydrogens is 458 g/mol. The Labute approximate surface area is 192 Å². The standard InChI is InChI=1S/C22H21ClF2N4O4/c1-33-9-5-8-28(21(31)14-10-16(24)17(25)11-15(14)23)18-19(26)29(22(32)27-20(18)30)12-13-6-3-2-4-7-13/h2-4,6-7,10-11H,5,8-9,12,26H2,1H3,(H,27,30,32). The Kier molecular flexibility index (Phi) is 7.62. The summed E-state index contributed by atoms with van der Waals surface area (Å²) >= 11 is 5.98. The van der Waals surface area contributed by atoms with Crippen molar-refractivity contribution in [3.05, 3.63) is 91.1 Å². The van der Waals surface area contributed by atoms with Crippen LogP contribution in [0.5, 0.6) is 0 Å². The first-order valence-electron chi connectivity index (χ1n) is 9.86. The van der Waals surface area contributed by atoms with E-state index in [1.807, 2.05) is 0 Å². The first kappa shape index (κ1) is 24.1. The Hall–Kier alpha value is -3.50. The molecule has 0 saturated heterocycles. The van der Waals surface area contributed by atoms with E-state index < -0.39 is 28.8 Å². The van der Waals surface area contributed by atoms with Gasteiger partial charge in [0.1, 0.15) is 5.82 Å². The predicted octanol–water partition coefficient (Wildman–Crippen LogP) is 2.78. The molecule has 3 rings (SSSR count). The Morgan fingerprint density at radius 1 is 1.18 bits per heavy atom. The molecule has 33 heavy (non-hydrogen) atoms. The zero-order chi connectivity index (χ0) is 24.1. The molecule has 0 aliphatic heterocycles. The van der Waals surface area contributed by atoms with Crippen molar-refractivity contribution in [3.8, 4) is 0 Å². The topological polar surface area (TPSA) is 110 Å². The molecule has 0 fully saturated rings. The first-order chi connectivity index (χ1) is 15.7. The van der Waals surface area contributed by atoms with Gasteiger partial charge in [0, 0.05) is 20.3 Å². The van der Waals surface area contributed by atoms with Gasteiger partial charge in [-0.05, 0) is 24.1 Å². The van der Waals surface area contributed by atoms with Gasteiger partial charge in [0.05, 0.1) is 17.1 Å². The number of carbonyl (C=O) groups is 1. The van der Waals surface area contributed by atoms with Gasteiger partial charge >= 0.3 is 5.69 Å². The number of methoxy groups -OCH3 is 1. The third kappa shape index (κ3) is 5.29. The molecule has 1 amide bonds. The predicted molar refractivity (Wildman–Crippen MR) is 121 cm³/mol. The van der Waals surface area contributed by atoms with E-state index in [1.165, 1.54) is 7.11 Å². The third-order valence-corrected chi connectivity index (χ3v) is 5.20. The van der Waals surface area contributed by atoms with Gasteiger partial charge in [-0.25, -0.2) is 13.6 Å². The number of hydrogen-bond acceptors (Lipinski definition) is 5. The second-order valence-corrected chi connectivity index (χ2v) is 7.52. The van der Waals surface area contributed by atoms with E-state index >= 15 is 0 Å². The number of halogens is 3. The highest BCUT2D eigenvalue weighted by molar-refractivity contribution is 6.34. The second kappa shape index (κ2) is 10.4. The number of amides is 1. The van der Waals surface area contributed by atoms with Crippen LogP contribution in [0.25, 0.3) is 0 Å². The lowest BCUT2D eigenvalue weighted by molar-refractivity contribution is 0.0983. The monoisotopic (exact) mass is 478 g/mol. The number of nitrogens with two attached hydrogens (primary N) is 1. The largest absolute Gasteiger partial charge is 0.385 e. The van der Waals surface area contributed by atoms with Crippen molar-refractivity contribution in [2.75, 3.05) is 30.9 Å². The fraction of sp³-hybridized carbons (Fsp3) is 0.227. The minimum Gasteiger partial charge on any atom is -0.385 e. The number of hydrogen-bond donors (Lipinski definition) is 2. The van der Waals surface area contributed by atoms with Gasteiger partial charge in [-0.1, -0.05) is 41.9 Å². The molecule has 8 nitrogen and oxygen atoms in total. The third-order valence-electron chi connectivity index (χ3n) is 4.88. The number of benzene rings is 2. The van der Waals surface area contributed by atoms with Crippen molar-refractivity contribution >= 4 is 29.0 Å². The van der Waals surface area contributed by atoms with Crippen molar-refractivity contribution in [2.45, 2.75) is 13.0 Å². The number of nitrogen functional groups attached to an aromatic ring is 1. The summed E-state index contributed by atoms with van der Waals surface area (Å²) in [5.41, 5.74) is 4.57. The van der Waals surface area contributed by atoms with Gasteiger partial charge in [-0.2, -0.15) is 0 Å². The molecule has 3 N–H and O–H groups in total. The maximum Gasteiger partial charge on any atom is 0.330 e. The molecule has 0 radical (unpaired) electrons. The van der Waals surface area contributed by atoms with E-state index in [9.17, 15) is 23.2 Å². The zero-order valence-corrected chi connectivity index (χ0v) is 18.4. The molecular formula is C22H21ClF2N4O4. The number of anilines is 2. The van der Waals surface area contributed by atoms with E-state index in [1.54, 1.807) is 30.3 Å². The van der Waals surface area contributed by atoms with Gasteiger partial charge in [0.25, 0.3) is 11.5 Å². The fourth-order valence-corrected chi connectivity index (χ4v) is 3.51. The number of nitrogens with one attached hydrogen (secondary N) is 1. The van der Waals surface area contributed by atoms with E-state index in [2.05, 4.69) is 4.98 Å². The number of nitrogens with zero attached hydrogens (tertiary/aromatic N) is 2. The summed E-state index contributed by atoms with van der Waals surface area (Å²) in [7, 11) is 1.46. The summed E-state index contributed by atoms with van der Waals surface area (Å²) in [6.07, 6.45) is 0.278. The summed E-state index contributed by atoms with van der Waals surface area (Å²) in [5, 5.41) is -0.344. The molecule has 174 valence electrons. The molecule has 0 aliphatic rings. The van der Waals surface area contributed by atoms with E-state index in [0.717, 1.165) is 15.0 Å².